The highest BCUT2D eigenvalue weighted by atomic mass is 15.2. The highest BCUT2D eigenvalue weighted by Crippen LogP contribution is 2.23. The molecule has 4 nitrogen and oxygen atoms in total. The Morgan fingerprint density at radius 1 is 1.50 bits per heavy atom. The normalized spacial score (nSPS) is 12.4. The molecule has 0 fully saturated rings. The number of unbranched alkanes of at least 4 members (excludes halogenated alkanes) is 1. The topological polar surface area (TPSA) is 42.2 Å². The summed E-state index contributed by atoms with van der Waals surface area (Å²) < 4.78 is 1.86. The Hall–Kier alpha value is -1.86. The van der Waals surface area contributed by atoms with Gasteiger partial charge < -0.3 is 5.32 Å². The second kappa shape index (κ2) is 6.18. The van der Waals surface area contributed by atoms with E-state index >= 15 is 0 Å². The number of hydrogen-bond acceptors (Lipinski definition) is 3. The number of aromatic nitrogens is 3. The van der Waals surface area contributed by atoms with Gasteiger partial charge in [0.25, 0.3) is 0 Å². The minimum atomic E-state index is 0.296. The maximum Gasteiger partial charge on any atom is 0.0892 e. The van der Waals surface area contributed by atoms with Crippen molar-refractivity contribution in [3.8, 4) is 12.3 Å². The van der Waals surface area contributed by atoms with Gasteiger partial charge in [0, 0.05) is 30.4 Å². The molecule has 0 aromatic carbocycles. The lowest BCUT2D eigenvalue weighted by atomic mass is 10.0. The molecule has 2 aromatic rings. The van der Waals surface area contributed by atoms with Crippen LogP contribution in [0.4, 0.5) is 0 Å². The van der Waals surface area contributed by atoms with E-state index in [2.05, 4.69) is 28.2 Å². The van der Waals surface area contributed by atoms with E-state index in [1.54, 1.807) is 6.20 Å². The van der Waals surface area contributed by atoms with Gasteiger partial charge in [-0.15, -0.1) is 12.3 Å². The Labute approximate surface area is 107 Å². The van der Waals surface area contributed by atoms with Crippen LogP contribution in [0.15, 0.2) is 24.8 Å². The third kappa shape index (κ3) is 2.69. The summed E-state index contributed by atoms with van der Waals surface area (Å²) in [7, 11) is 0. The average Bonchev–Trinajstić information content (AvgIpc) is 2.82. The van der Waals surface area contributed by atoms with Crippen LogP contribution in [-0.2, 0) is 0 Å². The summed E-state index contributed by atoms with van der Waals surface area (Å²) >= 11 is 0. The largest absolute Gasteiger partial charge is 0.310 e. The van der Waals surface area contributed by atoms with Crippen molar-refractivity contribution in [2.24, 2.45) is 0 Å². The van der Waals surface area contributed by atoms with Crippen LogP contribution in [0.1, 0.15) is 37.8 Å². The summed E-state index contributed by atoms with van der Waals surface area (Å²) in [4.78, 5) is 4.16. The lowest BCUT2D eigenvalue weighted by molar-refractivity contribution is 0.504. The van der Waals surface area contributed by atoms with E-state index in [1.165, 1.54) is 5.56 Å². The minimum Gasteiger partial charge on any atom is -0.310 e. The van der Waals surface area contributed by atoms with E-state index in [9.17, 15) is 0 Å². The summed E-state index contributed by atoms with van der Waals surface area (Å²) in [5, 5.41) is 7.83. The number of terminal acetylenes is 1. The summed E-state index contributed by atoms with van der Waals surface area (Å²) in [6.45, 7) is 3.04. The van der Waals surface area contributed by atoms with E-state index in [-0.39, 0.29) is 0 Å². The molecule has 0 saturated carbocycles. The van der Waals surface area contributed by atoms with Crippen molar-refractivity contribution in [2.75, 3.05) is 6.54 Å². The van der Waals surface area contributed by atoms with Gasteiger partial charge in [0.15, 0.2) is 0 Å². The molecule has 1 N–H and O–H groups in total. The van der Waals surface area contributed by atoms with E-state index in [1.807, 2.05) is 23.1 Å². The molecule has 18 heavy (non-hydrogen) atoms. The number of rotatable bonds is 6. The van der Waals surface area contributed by atoms with Gasteiger partial charge in [-0.1, -0.05) is 6.92 Å². The number of hydrogen-bond donors (Lipinski definition) is 1. The molecule has 0 aliphatic heterocycles. The van der Waals surface area contributed by atoms with Crippen LogP contribution in [0.5, 0.6) is 0 Å². The minimum absolute atomic E-state index is 0.296. The molecular weight excluding hydrogens is 224 g/mol. The Bertz CT molecular complexity index is 538. The molecule has 1 unspecified atom stereocenters. The molecule has 2 heterocycles. The molecular formula is C14H18N4. The van der Waals surface area contributed by atoms with E-state index < -0.39 is 0 Å². The highest BCUT2D eigenvalue weighted by Gasteiger charge is 2.14. The first kappa shape index (κ1) is 12.6. The fourth-order valence-electron chi connectivity index (χ4n) is 2.14. The lowest BCUT2D eigenvalue weighted by Gasteiger charge is -2.16. The van der Waals surface area contributed by atoms with E-state index in [0.29, 0.717) is 6.04 Å². The predicted octanol–water partition coefficient (Wildman–Crippen LogP) is 2.18. The lowest BCUT2D eigenvalue weighted by Crippen LogP contribution is -2.20. The zero-order chi connectivity index (χ0) is 12.8. The SMILES string of the molecule is C#CCCCC(NCC)c1cnn2ccncc12. The van der Waals surface area contributed by atoms with Crippen molar-refractivity contribution in [3.63, 3.8) is 0 Å². The van der Waals surface area contributed by atoms with Gasteiger partial charge in [-0.05, 0) is 19.4 Å². The van der Waals surface area contributed by atoms with Gasteiger partial charge in [-0.3, -0.25) is 4.98 Å². The van der Waals surface area contributed by atoms with Gasteiger partial charge in [-0.25, -0.2) is 4.52 Å². The summed E-state index contributed by atoms with van der Waals surface area (Å²) in [6.07, 6.45) is 15.5. The van der Waals surface area contributed by atoms with Crippen molar-refractivity contribution < 1.29 is 0 Å². The van der Waals surface area contributed by atoms with Crippen molar-refractivity contribution in [1.82, 2.24) is 19.9 Å². The molecule has 0 spiro atoms. The van der Waals surface area contributed by atoms with Crippen LogP contribution in [0.2, 0.25) is 0 Å². The Morgan fingerprint density at radius 3 is 3.17 bits per heavy atom. The molecule has 4 heteroatoms. The molecule has 0 bridgehead atoms. The van der Waals surface area contributed by atoms with Crippen molar-refractivity contribution in [1.29, 1.82) is 0 Å². The van der Waals surface area contributed by atoms with Crippen LogP contribution in [0.25, 0.3) is 5.52 Å². The maximum atomic E-state index is 5.30. The van der Waals surface area contributed by atoms with Crippen LogP contribution in [-0.4, -0.2) is 21.1 Å². The third-order valence-corrected chi connectivity index (χ3v) is 2.99. The van der Waals surface area contributed by atoms with E-state index in [4.69, 9.17) is 6.42 Å². The number of nitrogens with one attached hydrogen (secondary N) is 1. The van der Waals surface area contributed by atoms with Crippen molar-refractivity contribution in [3.05, 3.63) is 30.4 Å². The Kier molecular flexibility index (Phi) is 4.32. The first-order valence-electron chi connectivity index (χ1n) is 6.31. The zero-order valence-corrected chi connectivity index (χ0v) is 10.6. The van der Waals surface area contributed by atoms with Crippen molar-refractivity contribution >= 4 is 5.52 Å². The maximum absolute atomic E-state index is 5.30. The van der Waals surface area contributed by atoms with Gasteiger partial charge in [0.2, 0.25) is 0 Å². The molecule has 0 aliphatic rings. The van der Waals surface area contributed by atoms with Gasteiger partial charge in [0.1, 0.15) is 0 Å². The molecule has 1 atom stereocenters. The fourth-order valence-corrected chi connectivity index (χ4v) is 2.14. The average molecular weight is 242 g/mol. The quantitative estimate of drug-likeness (QED) is 0.623. The number of nitrogens with zero attached hydrogens (tertiary/aromatic N) is 3. The standard InChI is InChI=1S/C14H18N4/c1-3-5-6-7-13(16-4-2)12-10-17-18-9-8-15-11-14(12)18/h1,8-11,13,16H,4-7H2,2H3. The first-order chi connectivity index (χ1) is 8.86. The van der Waals surface area contributed by atoms with E-state index in [0.717, 1.165) is 31.3 Å². The van der Waals surface area contributed by atoms with Crippen LogP contribution >= 0.6 is 0 Å². The summed E-state index contributed by atoms with van der Waals surface area (Å²) in [6, 6.07) is 0.296. The molecule has 2 aromatic heterocycles. The molecule has 0 amide bonds. The Balaban J connectivity index is 2.21. The smallest absolute Gasteiger partial charge is 0.0892 e. The molecule has 0 saturated heterocycles. The highest BCUT2D eigenvalue weighted by molar-refractivity contribution is 5.53. The van der Waals surface area contributed by atoms with Crippen LogP contribution in [0.3, 0.4) is 0 Å². The fraction of sp³-hybridized carbons (Fsp3) is 0.429. The summed E-state index contributed by atoms with van der Waals surface area (Å²) in [5.74, 6) is 2.69. The first-order valence-corrected chi connectivity index (χ1v) is 6.31. The number of fused-ring (bicyclic) bond motifs is 1. The zero-order valence-electron chi connectivity index (χ0n) is 10.6. The monoisotopic (exact) mass is 242 g/mol. The Morgan fingerprint density at radius 2 is 2.39 bits per heavy atom. The third-order valence-electron chi connectivity index (χ3n) is 2.99. The van der Waals surface area contributed by atoms with Crippen LogP contribution in [0, 0.1) is 12.3 Å². The van der Waals surface area contributed by atoms with Crippen LogP contribution < -0.4 is 5.32 Å². The molecule has 0 radical (unpaired) electrons. The van der Waals surface area contributed by atoms with Gasteiger partial charge >= 0.3 is 0 Å². The van der Waals surface area contributed by atoms with Crippen molar-refractivity contribution in [2.45, 2.75) is 32.2 Å². The molecule has 2 rings (SSSR count). The molecule has 94 valence electrons. The van der Waals surface area contributed by atoms with Gasteiger partial charge in [-0.2, -0.15) is 5.10 Å². The van der Waals surface area contributed by atoms with Gasteiger partial charge in [0.05, 0.1) is 17.9 Å². The molecule has 0 aliphatic carbocycles. The summed E-state index contributed by atoms with van der Waals surface area (Å²) in [5.41, 5.74) is 2.26. The predicted molar refractivity (Wildman–Crippen MR) is 72.1 cm³/mol. The second-order valence-electron chi connectivity index (χ2n) is 4.21. The second-order valence-corrected chi connectivity index (χ2v) is 4.21.